The minimum atomic E-state index is -3.09. The predicted molar refractivity (Wildman–Crippen MR) is 61.4 cm³/mol. The Morgan fingerprint density at radius 3 is 1.87 bits per heavy atom. The molecule has 0 aromatic carbocycles. The third-order valence-corrected chi connectivity index (χ3v) is 3.95. The van der Waals surface area contributed by atoms with Gasteiger partial charge in [0.05, 0.1) is 5.75 Å². The lowest BCUT2D eigenvalue weighted by molar-refractivity contribution is -0.129. The molecule has 0 aliphatic rings. The van der Waals surface area contributed by atoms with Gasteiger partial charge in [-0.25, -0.2) is 8.42 Å². The molecule has 2 N–H and O–H groups in total. The van der Waals surface area contributed by atoms with Crippen LogP contribution in [-0.2, 0) is 14.6 Å². The lowest BCUT2D eigenvalue weighted by Gasteiger charge is -2.37. The molecule has 15 heavy (non-hydrogen) atoms. The van der Waals surface area contributed by atoms with Crippen molar-refractivity contribution in [1.82, 2.24) is 0 Å². The summed E-state index contributed by atoms with van der Waals surface area (Å²) in [5, 5.41) is 0. The first kappa shape index (κ1) is 14.6. The van der Waals surface area contributed by atoms with Crippen LogP contribution in [0.1, 0.15) is 34.1 Å². The highest BCUT2D eigenvalue weighted by Gasteiger charge is 2.39. The van der Waals surface area contributed by atoms with E-state index in [2.05, 4.69) is 0 Å². The van der Waals surface area contributed by atoms with E-state index >= 15 is 0 Å². The summed E-state index contributed by atoms with van der Waals surface area (Å²) in [5.74, 6) is -0.217. The molecular formula is C10H21NO3S. The largest absolute Gasteiger partial charge is 0.325 e. The van der Waals surface area contributed by atoms with E-state index in [-0.39, 0.29) is 18.0 Å². The van der Waals surface area contributed by atoms with Gasteiger partial charge in [-0.1, -0.05) is 13.8 Å². The number of rotatable bonds is 5. The van der Waals surface area contributed by atoms with Crippen molar-refractivity contribution in [2.24, 2.45) is 11.1 Å². The van der Waals surface area contributed by atoms with Gasteiger partial charge in [-0.05, 0) is 13.8 Å². The third-order valence-electron chi connectivity index (χ3n) is 3.01. The van der Waals surface area contributed by atoms with Crippen molar-refractivity contribution in [3.05, 3.63) is 0 Å². The topological polar surface area (TPSA) is 77.2 Å². The van der Waals surface area contributed by atoms with Crippen LogP contribution >= 0.6 is 0 Å². The molecular weight excluding hydrogens is 214 g/mol. The number of nitrogens with two attached hydrogens (primary N) is 1. The summed E-state index contributed by atoms with van der Waals surface area (Å²) in [6.07, 6.45) is 1.16. The Bertz CT molecular complexity index is 336. The van der Waals surface area contributed by atoms with E-state index in [1.807, 2.05) is 0 Å². The molecule has 0 rings (SSSR count). The van der Waals surface area contributed by atoms with Gasteiger partial charge >= 0.3 is 0 Å². The average Bonchev–Trinajstić information content (AvgIpc) is 1.96. The predicted octanol–water partition coefficient (Wildman–Crippen LogP) is 0.754. The highest BCUT2D eigenvalue weighted by Crippen LogP contribution is 2.30. The van der Waals surface area contributed by atoms with Crippen molar-refractivity contribution in [1.29, 1.82) is 0 Å². The van der Waals surface area contributed by atoms with Gasteiger partial charge in [0.15, 0.2) is 0 Å². The lowest BCUT2D eigenvalue weighted by Crippen LogP contribution is -2.52. The Kier molecular flexibility index (Phi) is 4.10. The SMILES string of the molecule is CC(C)(N)C(C)(C)C(=O)CCS(C)(=O)=O. The van der Waals surface area contributed by atoms with Crippen molar-refractivity contribution < 1.29 is 13.2 Å². The fourth-order valence-corrected chi connectivity index (χ4v) is 1.51. The van der Waals surface area contributed by atoms with Crippen LogP contribution in [0.5, 0.6) is 0 Å². The van der Waals surface area contributed by atoms with Crippen molar-refractivity contribution in [2.45, 2.75) is 39.7 Å². The molecule has 0 unspecified atom stereocenters. The van der Waals surface area contributed by atoms with Gasteiger partial charge in [0.2, 0.25) is 0 Å². The molecule has 0 aromatic heterocycles. The normalized spacial score (nSPS) is 14.0. The Morgan fingerprint density at radius 2 is 1.60 bits per heavy atom. The average molecular weight is 235 g/mol. The molecule has 0 aromatic rings. The second kappa shape index (κ2) is 4.22. The first-order valence-electron chi connectivity index (χ1n) is 4.88. The molecule has 0 spiro atoms. The van der Waals surface area contributed by atoms with Crippen LogP contribution in [0.2, 0.25) is 0 Å². The van der Waals surface area contributed by atoms with Gasteiger partial charge < -0.3 is 5.73 Å². The Hall–Kier alpha value is -0.420. The second-order valence-corrected chi connectivity index (χ2v) is 7.41. The number of hydrogen-bond donors (Lipinski definition) is 1. The van der Waals surface area contributed by atoms with E-state index in [1.54, 1.807) is 27.7 Å². The van der Waals surface area contributed by atoms with E-state index in [1.165, 1.54) is 0 Å². The molecule has 0 radical (unpaired) electrons. The van der Waals surface area contributed by atoms with Crippen LogP contribution in [0, 0.1) is 5.41 Å². The number of carbonyl (C=O) groups excluding carboxylic acids is 1. The zero-order valence-electron chi connectivity index (χ0n) is 10.1. The second-order valence-electron chi connectivity index (χ2n) is 5.15. The number of hydrogen-bond acceptors (Lipinski definition) is 4. The molecule has 0 saturated heterocycles. The Morgan fingerprint density at radius 1 is 1.20 bits per heavy atom. The summed E-state index contributed by atoms with van der Waals surface area (Å²) in [6, 6.07) is 0. The van der Waals surface area contributed by atoms with E-state index in [0.717, 1.165) is 6.26 Å². The molecule has 0 amide bonds. The van der Waals surface area contributed by atoms with Gasteiger partial charge in [-0.3, -0.25) is 4.79 Å². The molecule has 0 aliphatic carbocycles. The summed E-state index contributed by atoms with van der Waals surface area (Å²) in [7, 11) is -3.09. The van der Waals surface area contributed by atoms with Crippen molar-refractivity contribution in [3.8, 4) is 0 Å². The molecule has 4 nitrogen and oxygen atoms in total. The standard InChI is InChI=1S/C10H21NO3S/c1-9(2,10(3,4)11)8(12)6-7-15(5,13)14/h6-7,11H2,1-5H3. The molecule has 90 valence electrons. The Labute approximate surface area is 92.2 Å². The molecule has 0 bridgehead atoms. The molecule has 0 atom stereocenters. The van der Waals surface area contributed by atoms with Crippen LogP contribution in [0.15, 0.2) is 0 Å². The highest BCUT2D eigenvalue weighted by atomic mass is 32.2. The van der Waals surface area contributed by atoms with Gasteiger partial charge in [0.25, 0.3) is 0 Å². The fourth-order valence-electron chi connectivity index (χ4n) is 0.950. The summed E-state index contributed by atoms with van der Waals surface area (Å²) >= 11 is 0. The zero-order chi connectivity index (χ0) is 12.5. The van der Waals surface area contributed by atoms with Crippen LogP contribution < -0.4 is 5.73 Å². The maximum atomic E-state index is 11.8. The summed E-state index contributed by atoms with van der Waals surface area (Å²) in [5.41, 5.74) is 4.52. The van der Waals surface area contributed by atoms with Crippen molar-refractivity contribution in [2.75, 3.05) is 12.0 Å². The molecule has 5 heteroatoms. The lowest BCUT2D eigenvalue weighted by atomic mass is 9.71. The number of sulfone groups is 1. The number of ketones is 1. The van der Waals surface area contributed by atoms with Crippen LogP contribution in [0.4, 0.5) is 0 Å². The minimum Gasteiger partial charge on any atom is -0.325 e. The maximum absolute atomic E-state index is 11.8. The van der Waals surface area contributed by atoms with Crippen molar-refractivity contribution >= 4 is 15.6 Å². The smallest absolute Gasteiger partial charge is 0.147 e. The summed E-state index contributed by atoms with van der Waals surface area (Å²) < 4.78 is 21.9. The van der Waals surface area contributed by atoms with Crippen LogP contribution in [-0.4, -0.2) is 31.7 Å². The molecule has 0 fully saturated rings. The van der Waals surface area contributed by atoms with Crippen molar-refractivity contribution in [3.63, 3.8) is 0 Å². The number of Topliss-reactive ketones (excluding diaryl/α,β-unsaturated/α-hetero) is 1. The summed E-state index contributed by atoms with van der Waals surface area (Å²) in [6.45, 7) is 7.03. The highest BCUT2D eigenvalue weighted by molar-refractivity contribution is 7.90. The first-order chi connectivity index (χ1) is 6.38. The summed E-state index contributed by atoms with van der Waals surface area (Å²) in [4.78, 5) is 11.8. The van der Waals surface area contributed by atoms with Crippen LogP contribution in [0.3, 0.4) is 0 Å². The first-order valence-corrected chi connectivity index (χ1v) is 6.94. The molecule has 0 saturated carbocycles. The maximum Gasteiger partial charge on any atom is 0.147 e. The molecule has 0 heterocycles. The van der Waals surface area contributed by atoms with E-state index < -0.39 is 20.8 Å². The monoisotopic (exact) mass is 235 g/mol. The minimum absolute atomic E-state index is 0.0342. The third kappa shape index (κ3) is 4.30. The molecule has 0 aliphatic heterocycles. The van der Waals surface area contributed by atoms with E-state index in [0.29, 0.717) is 0 Å². The van der Waals surface area contributed by atoms with Crippen LogP contribution in [0.25, 0.3) is 0 Å². The van der Waals surface area contributed by atoms with Gasteiger partial charge in [-0.2, -0.15) is 0 Å². The van der Waals surface area contributed by atoms with Gasteiger partial charge in [0.1, 0.15) is 15.6 Å². The van der Waals surface area contributed by atoms with E-state index in [4.69, 9.17) is 5.73 Å². The van der Waals surface area contributed by atoms with E-state index in [9.17, 15) is 13.2 Å². The van der Waals surface area contributed by atoms with Gasteiger partial charge in [-0.15, -0.1) is 0 Å². The zero-order valence-corrected chi connectivity index (χ0v) is 10.9. The fraction of sp³-hybridized carbons (Fsp3) is 0.900. The Balaban J connectivity index is 4.61. The van der Waals surface area contributed by atoms with Gasteiger partial charge in [0, 0.05) is 23.6 Å². The number of carbonyl (C=O) groups is 1. The quantitative estimate of drug-likeness (QED) is 0.763.